The van der Waals surface area contributed by atoms with Gasteiger partial charge in [0.25, 0.3) is 0 Å². The van der Waals surface area contributed by atoms with Gasteiger partial charge in [0.2, 0.25) is 11.7 Å². The monoisotopic (exact) mass is 396 g/mol. The van der Waals surface area contributed by atoms with Gasteiger partial charge in [-0.1, -0.05) is 40.5 Å². The number of carbonyl (C=O) groups excluding carboxylic acids is 1. The van der Waals surface area contributed by atoms with E-state index in [1.807, 2.05) is 31.2 Å². The van der Waals surface area contributed by atoms with Gasteiger partial charge in [-0.15, -0.1) is 0 Å². The molecule has 6 nitrogen and oxygen atoms in total. The van der Waals surface area contributed by atoms with Crippen molar-refractivity contribution in [2.45, 2.75) is 25.7 Å². The smallest absolute Gasteiger partial charge is 0.321 e. The molecule has 1 saturated heterocycles. The summed E-state index contributed by atoms with van der Waals surface area (Å²) in [7, 11) is 0. The minimum atomic E-state index is -0.134. The summed E-state index contributed by atoms with van der Waals surface area (Å²) in [5.74, 6) is 1.21. The molecule has 0 saturated carbocycles. The summed E-state index contributed by atoms with van der Waals surface area (Å²) in [6.07, 6.45) is 1.81. The topological polar surface area (TPSA) is 71.3 Å². The molecule has 1 atom stereocenters. The Morgan fingerprint density at radius 3 is 2.86 bits per heavy atom. The SMILES string of the molecule is Cc1cccc(-c2noc(C3CCCN(C(=O)Nc4ccc(Cl)cc4)C3)n2)c1. The Kier molecular flexibility index (Phi) is 5.30. The fourth-order valence-electron chi connectivity index (χ4n) is 3.40. The number of halogens is 1. The number of hydrogen-bond acceptors (Lipinski definition) is 4. The minimum absolute atomic E-state index is 0.0378. The predicted octanol–water partition coefficient (Wildman–Crippen LogP) is 5.11. The van der Waals surface area contributed by atoms with E-state index < -0.39 is 0 Å². The highest BCUT2D eigenvalue weighted by atomic mass is 35.5. The number of nitrogens with zero attached hydrogens (tertiary/aromatic N) is 3. The first kappa shape index (κ1) is 18.5. The number of carbonyl (C=O) groups is 1. The molecule has 1 fully saturated rings. The number of piperidine rings is 1. The highest BCUT2D eigenvalue weighted by molar-refractivity contribution is 6.30. The third-order valence-corrected chi connectivity index (χ3v) is 5.12. The maximum absolute atomic E-state index is 12.6. The molecular weight excluding hydrogens is 376 g/mol. The van der Waals surface area contributed by atoms with Gasteiger partial charge in [-0.3, -0.25) is 0 Å². The summed E-state index contributed by atoms with van der Waals surface area (Å²) in [5.41, 5.74) is 2.80. The Labute approximate surface area is 168 Å². The lowest BCUT2D eigenvalue weighted by Crippen LogP contribution is -2.41. The molecule has 2 amide bonds. The molecule has 0 aliphatic carbocycles. The summed E-state index contributed by atoms with van der Waals surface area (Å²) in [5, 5.41) is 7.68. The third-order valence-electron chi connectivity index (χ3n) is 4.87. The van der Waals surface area contributed by atoms with Crippen molar-refractivity contribution in [1.29, 1.82) is 0 Å². The maximum Gasteiger partial charge on any atom is 0.321 e. The van der Waals surface area contributed by atoms with Crippen LogP contribution >= 0.6 is 11.6 Å². The Morgan fingerprint density at radius 2 is 2.07 bits per heavy atom. The van der Waals surface area contributed by atoms with Gasteiger partial charge in [-0.25, -0.2) is 4.79 Å². The van der Waals surface area contributed by atoms with Crippen LogP contribution in [0.1, 0.15) is 30.2 Å². The largest absolute Gasteiger partial charge is 0.339 e. The summed E-state index contributed by atoms with van der Waals surface area (Å²) in [4.78, 5) is 19.0. The number of amides is 2. The van der Waals surface area contributed by atoms with Gasteiger partial charge in [0, 0.05) is 29.4 Å². The molecular formula is C21H21ClN4O2. The molecule has 144 valence electrons. The van der Waals surface area contributed by atoms with Crippen molar-refractivity contribution in [3.8, 4) is 11.4 Å². The molecule has 0 radical (unpaired) electrons. The fourth-order valence-corrected chi connectivity index (χ4v) is 3.53. The molecule has 1 N–H and O–H groups in total. The van der Waals surface area contributed by atoms with Crippen LogP contribution in [0.4, 0.5) is 10.5 Å². The molecule has 4 rings (SSSR count). The number of rotatable bonds is 3. The van der Waals surface area contributed by atoms with E-state index in [-0.39, 0.29) is 11.9 Å². The first-order valence-corrected chi connectivity index (χ1v) is 9.68. The minimum Gasteiger partial charge on any atom is -0.339 e. The molecule has 28 heavy (non-hydrogen) atoms. The molecule has 1 aliphatic heterocycles. The second-order valence-corrected chi connectivity index (χ2v) is 7.48. The van der Waals surface area contributed by atoms with E-state index in [9.17, 15) is 4.79 Å². The van der Waals surface area contributed by atoms with Crippen LogP contribution in [0.25, 0.3) is 11.4 Å². The molecule has 1 aliphatic rings. The Hall–Kier alpha value is -2.86. The van der Waals surface area contributed by atoms with Gasteiger partial charge in [0.1, 0.15) is 0 Å². The van der Waals surface area contributed by atoms with Gasteiger partial charge in [-0.2, -0.15) is 4.98 Å². The van der Waals surface area contributed by atoms with Crippen molar-refractivity contribution in [3.05, 3.63) is 65.0 Å². The summed E-state index contributed by atoms with van der Waals surface area (Å²) in [6.45, 7) is 3.28. The zero-order valence-electron chi connectivity index (χ0n) is 15.6. The molecule has 0 spiro atoms. The van der Waals surface area contributed by atoms with Crippen molar-refractivity contribution in [2.75, 3.05) is 18.4 Å². The molecule has 1 aromatic heterocycles. The lowest BCUT2D eigenvalue weighted by molar-refractivity contribution is 0.184. The zero-order chi connectivity index (χ0) is 19.5. The van der Waals surface area contributed by atoms with E-state index in [1.54, 1.807) is 29.2 Å². The second-order valence-electron chi connectivity index (χ2n) is 7.05. The van der Waals surface area contributed by atoms with Gasteiger partial charge in [-0.05, 0) is 50.1 Å². The van der Waals surface area contributed by atoms with Crippen LogP contribution in [0.15, 0.2) is 53.1 Å². The second kappa shape index (κ2) is 8.02. The standard InChI is InChI=1S/C21H21ClN4O2/c1-14-4-2-5-15(12-14)19-24-20(28-25-19)16-6-3-11-26(13-16)21(27)23-18-9-7-17(22)8-10-18/h2,4-5,7-10,12,16H,3,6,11,13H2,1H3,(H,23,27). The molecule has 2 heterocycles. The Balaban J connectivity index is 1.43. The van der Waals surface area contributed by atoms with Crippen LogP contribution in [-0.2, 0) is 0 Å². The number of benzene rings is 2. The van der Waals surface area contributed by atoms with E-state index in [4.69, 9.17) is 16.1 Å². The molecule has 7 heteroatoms. The van der Waals surface area contributed by atoms with Gasteiger partial charge in [0.15, 0.2) is 0 Å². The van der Waals surface area contributed by atoms with Crippen LogP contribution in [0, 0.1) is 6.92 Å². The Bertz CT molecular complexity index is 971. The third kappa shape index (κ3) is 4.17. The lowest BCUT2D eigenvalue weighted by atomic mass is 9.98. The highest BCUT2D eigenvalue weighted by Gasteiger charge is 2.28. The van der Waals surface area contributed by atoms with Gasteiger partial charge >= 0.3 is 6.03 Å². The fraction of sp³-hybridized carbons (Fsp3) is 0.286. The average molecular weight is 397 g/mol. The van der Waals surface area contributed by atoms with Gasteiger partial charge < -0.3 is 14.7 Å². The number of anilines is 1. The summed E-state index contributed by atoms with van der Waals surface area (Å²) >= 11 is 5.89. The summed E-state index contributed by atoms with van der Waals surface area (Å²) in [6, 6.07) is 14.9. The number of likely N-dealkylation sites (tertiary alicyclic amines) is 1. The molecule has 2 aromatic carbocycles. The number of aryl methyl sites for hydroxylation is 1. The summed E-state index contributed by atoms with van der Waals surface area (Å²) < 4.78 is 5.52. The average Bonchev–Trinajstić information content (AvgIpc) is 3.20. The van der Waals surface area contributed by atoms with Crippen LogP contribution < -0.4 is 5.32 Å². The van der Waals surface area contributed by atoms with Crippen LogP contribution in [0.3, 0.4) is 0 Å². The van der Waals surface area contributed by atoms with Crippen LogP contribution in [0.5, 0.6) is 0 Å². The van der Waals surface area contributed by atoms with E-state index in [0.717, 1.165) is 29.7 Å². The van der Waals surface area contributed by atoms with E-state index >= 15 is 0 Å². The number of aromatic nitrogens is 2. The van der Waals surface area contributed by atoms with Crippen molar-refractivity contribution < 1.29 is 9.32 Å². The van der Waals surface area contributed by atoms with Crippen LogP contribution in [-0.4, -0.2) is 34.2 Å². The molecule has 1 unspecified atom stereocenters. The Morgan fingerprint density at radius 1 is 1.25 bits per heavy atom. The predicted molar refractivity (Wildman–Crippen MR) is 108 cm³/mol. The van der Waals surface area contributed by atoms with E-state index in [2.05, 4.69) is 15.5 Å². The molecule has 3 aromatic rings. The maximum atomic E-state index is 12.6. The quantitative estimate of drug-likeness (QED) is 0.667. The lowest BCUT2D eigenvalue weighted by Gasteiger charge is -2.31. The zero-order valence-corrected chi connectivity index (χ0v) is 16.3. The number of hydrogen-bond donors (Lipinski definition) is 1. The van der Waals surface area contributed by atoms with Crippen molar-refractivity contribution in [1.82, 2.24) is 15.0 Å². The number of urea groups is 1. The van der Waals surface area contributed by atoms with Crippen molar-refractivity contribution in [3.63, 3.8) is 0 Å². The van der Waals surface area contributed by atoms with E-state index in [1.165, 1.54) is 0 Å². The van der Waals surface area contributed by atoms with Crippen molar-refractivity contribution >= 4 is 23.3 Å². The normalized spacial score (nSPS) is 16.8. The first-order valence-electron chi connectivity index (χ1n) is 9.30. The van der Waals surface area contributed by atoms with Crippen LogP contribution in [0.2, 0.25) is 5.02 Å². The number of nitrogens with one attached hydrogen (secondary N) is 1. The highest BCUT2D eigenvalue weighted by Crippen LogP contribution is 2.28. The molecule has 0 bridgehead atoms. The van der Waals surface area contributed by atoms with E-state index in [0.29, 0.717) is 29.8 Å². The van der Waals surface area contributed by atoms with Crippen molar-refractivity contribution in [2.24, 2.45) is 0 Å². The van der Waals surface area contributed by atoms with Gasteiger partial charge in [0.05, 0.1) is 5.92 Å². The first-order chi connectivity index (χ1) is 13.6.